The van der Waals surface area contributed by atoms with Crippen molar-refractivity contribution in [2.24, 2.45) is 5.92 Å². The van der Waals surface area contributed by atoms with E-state index in [4.69, 9.17) is 9.47 Å². The maximum absolute atomic E-state index is 13.6. The number of aryl methyl sites for hydroxylation is 1. The van der Waals surface area contributed by atoms with Crippen LogP contribution >= 0.6 is 11.8 Å². The predicted octanol–water partition coefficient (Wildman–Crippen LogP) is 3.63. The summed E-state index contributed by atoms with van der Waals surface area (Å²) in [5, 5.41) is 23.1. The largest absolute Gasteiger partial charge is 0.508 e. The first-order valence-electron chi connectivity index (χ1n) is 11.9. The second-order valence-corrected chi connectivity index (χ2v) is 10.3. The summed E-state index contributed by atoms with van der Waals surface area (Å²) < 4.78 is 10.9. The van der Waals surface area contributed by atoms with Crippen molar-refractivity contribution in [3.05, 3.63) is 53.2 Å². The number of thioether (sulfide) groups is 1. The SMILES string of the molecule is COc1cc2c(cc1OC)C(C(CSC(C)=O)C(=O)NC(Cc1c[nH]c3ccc(O)cc13)C(=O)O)CC2. The van der Waals surface area contributed by atoms with Crippen molar-refractivity contribution in [3.63, 3.8) is 0 Å². The number of rotatable bonds is 10. The number of hydrogen-bond acceptors (Lipinski definition) is 7. The Morgan fingerprint density at radius 2 is 1.89 bits per heavy atom. The van der Waals surface area contributed by atoms with E-state index in [1.165, 1.54) is 6.92 Å². The van der Waals surface area contributed by atoms with Crippen molar-refractivity contribution in [1.82, 2.24) is 10.3 Å². The summed E-state index contributed by atoms with van der Waals surface area (Å²) in [5.41, 5.74) is 3.41. The summed E-state index contributed by atoms with van der Waals surface area (Å²) >= 11 is 1.06. The van der Waals surface area contributed by atoms with Gasteiger partial charge in [0.25, 0.3) is 0 Å². The van der Waals surface area contributed by atoms with E-state index in [1.807, 2.05) is 12.1 Å². The van der Waals surface area contributed by atoms with Gasteiger partial charge in [-0.05, 0) is 65.8 Å². The molecule has 4 N–H and O–H groups in total. The number of fused-ring (bicyclic) bond motifs is 2. The molecule has 1 amide bonds. The first-order chi connectivity index (χ1) is 17.7. The van der Waals surface area contributed by atoms with E-state index in [0.717, 1.165) is 34.8 Å². The number of benzene rings is 2. The van der Waals surface area contributed by atoms with Gasteiger partial charge in [0, 0.05) is 36.2 Å². The molecule has 3 atom stereocenters. The number of carboxylic acids is 1. The minimum atomic E-state index is -1.19. The van der Waals surface area contributed by atoms with Crippen LogP contribution in [0.25, 0.3) is 10.9 Å². The van der Waals surface area contributed by atoms with E-state index in [0.29, 0.717) is 28.9 Å². The highest BCUT2D eigenvalue weighted by Crippen LogP contribution is 2.44. The molecule has 1 aromatic heterocycles. The summed E-state index contributed by atoms with van der Waals surface area (Å²) in [4.78, 5) is 40.6. The quantitative estimate of drug-likeness (QED) is 0.314. The van der Waals surface area contributed by atoms with E-state index >= 15 is 0 Å². The Bertz CT molecular complexity index is 1340. The fourth-order valence-electron chi connectivity index (χ4n) is 5.00. The van der Waals surface area contributed by atoms with Gasteiger partial charge in [-0.3, -0.25) is 9.59 Å². The number of phenolic OH excluding ortho intramolecular Hbond substituents is 1. The molecule has 4 rings (SSSR count). The lowest BCUT2D eigenvalue weighted by Gasteiger charge is -2.25. The van der Waals surface area contributed by atoms with Crippen LogP contribution in [0.2, 0.25) is 0 Å². The zero-order valence-corrected chi connectivity index (χ0v) is 21.7. The Morgan fingerprint density at radius 1 is 1.16 bits per heavy atom. The van der Waals surface area contributed by atoms with Crippen molar-refractivity contribution in [3.8, 4) is 17.2 Å². The Balaban J connectivity index is 1.60. The fraction of sp³-hybridized carbons (Fsp3) is 0.370. The summed E-state index contributed by atoms with van der Waals surface area (Å²) in [6, 6.07) is 7.40. The Kier molecular flexibility index (Phi) is 7.97. The van der Waals surface area contributed by atoms with E-state index in [-0.39, 0.29) is 29.0 Å². The molecule has 10 heteroatoms. The Labute approximate surface area is 218 Å². The van der Waals surface area contributed by atoms with Crippen LogP contribution in [0, 0.1) is 5.92 Å². The third-order valence-corrected chi connectivity index (χ3v) is 7.78. The molecule has 0 fully saturated rings. The molecular weight excluding hydrogens is 496 g/mol. The molecule has 0 aliphatic heterocycles. The van der Waals surface area contributed by atoms with E-state index in [1.54, 1.807) is 38.6 Å². The van der Waals surface area contributed by atoms with Crippen LogP contribution in [-0.2, 0) is 27.2 Å². The maximum Gasteiger partial charge on any atom is 0.326 e. The average Bonchev–Trinajstić information content (AvgIpc) is 3.46. The fourth-order valence-corrected chi connectivity index (χ4v) is 5.80. The smallest absolute Gasteiger partial charge is 0.326 e. The number of hydrogen-bond donors (Lipinski definition) is 4. The molecule has 9 nitrogen and oxygen atoms in total. The predicted molar refractivity (Wildman–Crippen MR) is 140 cm³/mol. The first-order valence-corrected chi connectivity index (χ1v) is 12.9. The maximum atomic E-state index is 13.6. The number of ether oxygens (including phenoxy) is 2. The summed E-state index contributed by atoms with van der Waals surface area (Å²) in [5.74, 6) is -0.960. The number of aromatic hydroxyl groups is 1. The molecule has 0 saturated carbocycles. The number of H-pyrrole nitrogens is 1. The standard InChI is InChI=1S/C27H30N2O7S/c1-14(30)37-13-21(18-6-4-15-9-24(35-2)25(36-3)11-19(15)18)26(32)29-23(27(33)34)8-16-12-28-22-7-5-17(31)10-20(16)22/h5,7,9-12,18,21,23,28,31H,4,6,8,13H2,1-3H3,(H,29,32)(H,33,34). The number of carbonyl (C=O) groups is 3. The van der Waals surface area contributed by atoms with Crippen molar-refractivity contribution in [2.45, 2.75) is 38.1 Å². The van der Waals surface area contributed by atoms with Crippen LogP contribution < -0.4 is 14.8 Å². The third kappa shape index (κ3) is 5.69. The summed E-state index contributed by atoms with van der Waals surface area (Å²) in [7, 11) is 3.11. The molecule has 2 aromatic carbocycles. The molecule has 196 valence electrons. The van der Waals surface area contributed by atoms with Gasteiger partial charge in [-0.25, -0.2) is 4.79 Å². The van der Waals surface area contributed by atoms with Gasteiger partial charge < -0.3 is 30.0 Å². The van der Waals surface area contributed by atoms with Crippen LogP contribution in [0.15, 0.2) is 36.5 Å². The average molecular weight is 527 g/mol. The highest BCUT2D eigenvalue weighted by Gasteiger charge is 2.37. The van der Waals surface area contributed by atoms with Crippen LogP contribution in [-0.4, -0.2) is 58.2 Å². The number of aromatic amines is 1. The Hall–Kier alpha value is -3.66. The van der Waals surface area contributed by atoms with Gasteiger partial charge >= 0.3 is 5.97 Å². The zero-order chi connectivity index (χ0) is 26.7. The molecule has 3 aromatic rings. The molecule has 1 aliphatic carbocycles. The van der Waals surface area contributed by atoms with Gasteiger partial charge in [0.05, 0.1) is 20.1 Å². The van der Waals surface area contributed by atoms with Gasteiger partial charge in [0.15, 0.2) is 16.6 Å². The highest BCUT2D eigenvalue weighted by atomic mass is 32.2. The second kappa shape index (κ2) is 11.2. The lowest BCUT2D eigenvalue weighted by Crippen LogP contribution is -2.46. The van der Waals surface area contributed by atoms with Gasteiger partial charge in [-0.15, -0.1) is 0 Å². The summed E-state index contributed by atoms with van der Waals surface area (Å²) in [6.45, 7) is 1.45. The van der Waals surface area contributed by atoms with Crippen molar-refractivity contribution in [2.75, 3.05) is 20.0 Å². The van der Waals surface area contributed by atoms with E-state index in [2.05, 4.69) is 10.3 Å². The van der Waals surface area contributed by atoms with Crippen molar-refractivity contribution in [1.29, 1.82) is 0 Å². The zero-order valence-electron chi connectivity index (χ0n) is 20.9. The highest BCUT2D eigenvalue weighted by molar-refractivity contribution is 8.13. The normalized spacial score (nSPS) is 16.1. The number of carbonyl (C=O) groups excluding carboxylic acids is 2. The van der Waals surface area contributed by atoms with Crippen molar-refractivity contribution < 1.29 is 34.1 Å². The monoisotopic (exact) mass is 526 g/mol. The van der Waals surface area contributed by atoms with Crippen LogP contribution in [0.1, 0.15) is 36.0 Å². The molecule has 0 spiro atoms. The Morgan fingerprint density at radius 3 is 2.57 bits per heavy atom. The van der Waals surface area contributed by atoms with E-state index < -0.39 is 23.8 Å². The number of nitrogens with one attached hydrogen (secondary N) is 2. The molecule has 0 saturated heterocycles. The first kappa shape index (κ1) is 26.4. The topological polar surface area (TPSA) is 138 Å². The molecular formula is C27H30N2O7S. The lowest BCUT2D eigenvalue weighted by atomic mass is 9.87. The number of aromatic nitrogens is 1. The lowest BCUT2D eigenvalue weighted by molar-refractivity contribution is -0.142. The van der Waals surface area contributed by atoms with Crippen LogP contribution in [0.3, 0.4) is 0 Å². The number of amides is 1. The minimum absolute atomic E-state index is 0.0311. The summed E-state index contributed by atoms with van der Waals surface area (Å²) in [6.07, 6.45) is 3.13. The van der Waals surface area contributed by atoms with Gasteiger partial charge in [-0.1, -0.05) is 11.8 Å². The molecule has 1 aliphatic rings. The molecule has 37 heavy (non-hydrogen) atoms. The van der Waals surface area contributed by atoms with Crippen molar-refractivity contribution >= 4 is 39.7 Å². The second-order valence-electron chi connectivity index (χ2n) is 9.11. The minimum Gasteiger partial charge on any atom is -0.508 e. The van der Waals surface area contributed by atoms with Gasteiger partial charge in [-0.2, -0.15) is 0 Å². The van der Waals surface area contributed by atoms with Crippen LogP contribution in [0.4, 0.5) is 0 Å². The van der Waals surface area contributed by atoms with Gasteiger partial charge in [0.2, 0.25) is 5.91 Å². The van der Waals surface area contributed by atoms with Gasteiger partial charge in [0.1, 0.15) is 11.8 Å². The number of phenols is 1. The number of methoxy groups -OCH3 is 2. The molecule has 1 heterocycles. The number of aliphatic carboxylic acids is 1. The molecule has 3 unspecified atom stereocenters. The number of carboxylic acid groups (broad SMARTS) is 1. The van der Waals surface area contributed by atoms with Crippen LogP contribution in [0.5, 0.6) is 17.2 Å². The van der Waals surface area contributed by atoms with E-state index in [9.17, 15) is 24.6 Å². The molecule has 0 radical (unpaired) electrons. The molecule has 0 bridgehead atoms. The third-order valence-electron chi connectivity index (χ3n) is 6.85.